The van der Waals surface area contributed by atoms with Crippen molar-refractivity contribution >= 4 is 26.9 Å². The second-order valence-corrected chi connectivity index (χ2v) is 6.60. The van der Waals surface area contributed by atoms with E-state index in [0.29, 0.717) is 11.3 Å². The smallest absolute Gasteiger partial charge is 0.354 e. The molecule has 0 radical (unpaired) electrons. The molecule has 1 N–H and O–H groups in total. The molecule has 0 unspecified atom stereocenters. The van der Waals surface area contributed by atoms with Gasteiger partial charge in [0.2, 0.25) is 0 Å². The lowest BCUT2D eigenvalue weighted by Gasteiger charge is -2.15. The molecule has 2 heterocycles. The molecule has 4 rings (SSSR count). The Morgan fingerprint density at radius 2 is 1.74 bits per heavy atom. The summed E-state index contributed by atoms with van der Waals surface area (Å²) in [5.74, 6) is -1.03. The first kappa shape index (κ1) is 17.2. The largest absolute Gasteiger partial charge is 0.506 e. The fourth-order valence-electron chi connectivity index (χ4n) is 2.93. The van der Waals surface area contributed by atoms with E-state index >= 15 is 0 Å². The first-order chi connectivity index (χ1) is 13.0. The molecule has 0 aliphatic rings. The van der Waals surface area contributed by atoms with Gasteiger partial charge in [-0.1, -0.05) is 36.4 Å². The molecule has 0 saturated heterocycles. The van der Waals surface area contributed by atoms with Crippen LogP contribution in [0.5, 0.6) is 5.75 Å². The van der Waals surface area contributed by atoms with Gasteiger partial charge in [0.1, 0.15) is 21.3 Å². The van der Waals surface area contributed by atoms with Crippen LogP contribution in [0, 0.1) is 5.82 Å². The van der Waals surface area contributed by atoms with Gasteiger partial charge in [0.05, 0.1) is 11.4 Å². The summed E-state index contributed by atoms with van der Waals surface area (Å²) < 4.78 is 20.0. The van der Waals surface area contributed by atoms with E-state index in [1.807, 2.05) is 6.07 Å². The van der Waals surface area contributed by atoms with Crippen molar-refractivity contribution in [3.05, 3.63) is 91.7 Å². The number of hydrogen-bond acceptors (Lipinski definition) is 4. The molecular weight excluding hydrogens is 417 g/mol. The highest BCUT2D eigenvalue weighted by Crippen LogP contribution is 2.31. The third-order valence-corrected chi connectivity index (χ3v) is 4.83. The van der Waals surface area contributed by atoms with Gasteiger partial charge in [0.15, 0.2) is 5.75 Å². The van der Waals surface area contributed by atoms with Gasteiger partial charge >= 0.3 is 5.63 Å². The lowest BCUT2D eigenvalue weighted by Crippen LogP contribution is -2.21. The van der Waals surface area contributed by atoms with Gasteiger partial charge < -0.3 is 9.52 Å². The zero-order valence-electron chi connectivity index (χ0n) is 13.6. The second-order valence-electron chi connectivity index (χ2n) is 5.81. The van der Waals surface area contributed by atoms with Crippen molar-refractivity contribution in [1.29, 1.82) is 0 Å². The van der Waals surface area contributed by atoms with Gasteiger partial charge in [-0.15, -0.1) is 0 Å². The van der Waals surface area contributed by atoms with Gasteiger partial charge in [-0.2, -0.15) is 0 Å². The molecule has 0 atom stereocenters. The predicted molar refractivity (Wildman–Crippen MR) is 103 cm³/mol. The van der Waals surface area contributed by atoms with Crippen LogP contribution in [0.1, 0.15) is 0 Å². The van der Waals surface area contributed by atoms with Gasteiger partial charge in [-0.25, -0.2) is 9.18 Å². The number of fused-ring (bicyclic) bond motifs is 1. The third kappa shape index (κ3) is 2.86. The number of rotatable bonds is 2. The van der Waals surface area contributed by atoms with E-state index in [1.165, 1.54) is 28.8 Å². The van der Waals surface area contributed by atoms with E-state index in [-0.39, 0.29) is 21.1 Å². The minimum Gasteiger partial charge on any atom is -0.506 e. The average Bonchev–Trinajstić information content (AvgIpc) is 2.66. The summed E-state index contributed by atoms with van der Waals surface area (Å²) in [5.41, 5.74) is -0.171. The van der Waals surface area contributed by atoms with Crippen LogP contribution in [0.25, 0.3) is 27.9 Å². The number of halogens is 2. The Hall–Kier alpha value is -3.19. The van der Waals surface area contributed by atoms with E-state index in [1.54, 1.807) is 30.3 Å². The van der Waals surface area contributed by atoms with Gasteiger partial charge in [-0.3, -0.25) is 9.36 Å². The predicted octanol–water partition coefficient (Wildman–Crippen LogP) is 4.22. The van der Waals surface area contributed by atoms with Crippen molar-refractivity contribution in [3.8, 4) is 22.7 Å². The highest BCUT2D eigenvalue weighted by molar-refractivity contribution is 9.10. The van der Waals surface area contributed by atoms with Crippen LogP contribution in [0.15, 0.2) is 79.1 Å². The minimum absolute atomic E-state index is 0.0581. The summed E-state index contributed by atoms with van der Waals surface area (Å²) in [6, 6.07) is 16.0. The fraction of sp³-hybridized carbons (Fsp3) is 0. The number of nitrogens with zero attached hydrogens (tertiary/aromatic N) is 1. The Labute approximate surface area is 160 Å². The van der Waals surface area contributed by atoms with E-state index in [4.69, 9.17) is 4.42 Å². The third-order valence-electron chi connectivity index (χ3n) is 4.13. The molecule has 0 aliphatic carbocycles. The van der Waals surface area contributed by atoms with Crippen LogP contribution >= 0.6 is 15.9 Å². The molecule has 0 aliphatic heterocycles. The SMILES string of the molecule is O=c1oc2cc(-c3ccccc3)n(-c3cccc(F)c3)c(=O)c2c(O)c1Br. The Morgan fingerprint density at radius 3 is 2.44 bits per heavy atom. The monoisotopic (exact) mass is 427 g/mol. The number of aromatic hydroxyl groups is 1. The number of benzene rings is 2. The standard InChI is InChI=1S/C20H11BrFNO4/c21-17-18(24)16-15(27-20(17)26)10-14(11-5-2-1-3-6-11)23(19(16)25)13-8-4-7-12(22)9-13/h1-10,24H. The maximum Gasteiger partial charge on any atom is 0.354 e. The Kier molecular flexibility index (Phi) is 4.16. The molecule has 0 amide bonds. The Bertz CT molecular complexity index is 1300. The molecule has 0 fully saturated rings. The zero-order valence-corrected chi connectivity index (χ0v) is 15.2. The minimum atomic E-state index is -0.804. The van der Waals surface area contributed by atoms with Crippen LogP contribution < -0.4 is 11.2 Å². The molecule has 7 heteroatoms. The van der Waals surface area contributed by atoms with Gasteiger partial charge in [0, 0.05) is 6.07 Å². The van der Waals surface area contributed by atoms with Crippen molar-refractivity contribution in [3.63, 3.8) is 0 Å². The molecule has 0 saturated carbocycles. The fourth-order valence-corrected chi connectivity index (χ4v) is 3.21. The molecule has 134 valence electrons. The number of pyridine rings is 1. The summed E-state index contributed by atoms with van der Waals surface area (Å²) in [6.45, 7) is 0. The topological polar surface area (TPSA) is 72.4 Å². The summed E-state index contributed by atoms with van der Waals surface area (Å²) in [6.07, 6.45) is 0. The maximum atomic E-state index is 13.8. The molecule has 4 aromatic rings. The Balaban J connectivity index is 2.21. The molecule has 0 spiro atoms. The summed E-state index contributed by atoms with van der Waals surface area (Å²) in [5, 5.41) is 10.1. The lowest BCUT2D eigenvalue weighted by molar-refractivity contribution is 0.461. The number of hydrogen-bond donors (Lipinski definition) is 1. The van der Waals surface area contributed by atoms with Gasteiger partial charge in [0.25, 0.3) is 5.56 Å². The molecule has 5 nitrogen and oxygen atoms in total. The molecule has 27 heavy (non-hydrogen) atoms. The Morgan fingerprint density at radius 1 is 1.00 bits per heavy atom. The number of aromatic nitrogens is 1. The van der Waals surface area contributed by atoms with Crippen molar-refractivity contribution in [2.75, 3.05) is 0 Å². The second kappa shape index (κ2) is 6.51. The van der Waals surface area contributed by atoms with Crippen LogP contribution in [0.3, 0.4) is 0 Å². The van der Waals surface area contributed by atoms with Crippen LogP contribution in [0.4, 0.5) is 4.39 Å². The lowest BCUT2D eigenvalue weighted by atomic mass is 10.1. The van der Waals surface area contributed by atoms with Gasteiger partial charge in [-0.05, 0) is 39.7 Å². The van der Waals surface area contributed by atoms with E-state index in [2.05, 4.69) is 15.9 Å². The normalized spacial score (nSPS) is 11.0. The molecule has 2 aromatic heterocycles. The van der Waals surface area contributed by atoms with Crippen LogP contribution in [-0.4, -0.2) is 9.67 Å². The maximum absolute atomic E-state index is 13.8. The molecular formula is C20H11BrFNO4. The molecule has 2 aromatic carbocycles. The first-order valence-electron chi connectivity index (χ1n) is 7.90. The van der Waals surface area contributed by atoms with Crippen molar-refractivity contribution < 1.29 is 13.9 Å². The molecule has 0 bridgehead atoms. The summed E-state index contributed by atoms with van der Waals surface area (Å²) in [7, 11) is 0. The average molecular weight is 428 g/mol. The first-order valence-corrected chi connectivity index (χ1v) is 8.69. The van der Waals surface area contributed by atoms with Crippen LogP contribution in [0.2, 0.25) is 0 Å². The zero-order chi connectivity index (χ0) is 19.1. The van der Waals surface area contributed by atoms with Crippen molar-refractivity contribution in [2.24, 2.45) is 0 Å². The highest BCUT2D eigenvalue weighted by Gasteiger charge is 2.20. The summed E-state index contributed by atoms with van der Waals surface area (Å²) >= 11 is 2.93. The van der Waals surface area contributed by atoms with Crippen molar-refractivity contribution in [1.82, 2.24) is 4.57 Å². The summed E-state index contributed by atoms with van der Waals surface area (Å²) in [4.78, 5) is 25.1. The van der Waals surface area contributed by atoms with E-state index in [0.717, 1.165) is 0 Å². The van der Waals surface area contributed by atoms with Crippen molar-refractivity contribution in [2.45, 2.75) is 0 Å². The van der Waals surface area contributed by atoms with E-state index < -0.39 is 22.8 Å². The highest BCUT2D eigenvalue weighted by atomic mass is 79.9. The van der Waals surface area contributed by atoms with E-state index in [9.17, 15) is 19.1 Å². The quantitative estimate of drug-likeness (QED) is 0.519. The van der Waals surface area contributed by atoms with Crippen LogP contribution in [-0.2, 0) is 0 Å².